The Labute approximate surface area is 190 Å². The van der Waals surface area contributed by atoms with Crippen molar-refractivity contribution >= 4 is 32.4 Å². The number of anilines is 1. The number of benzene rings is 2. The molecule has 2 heterocycles. The van der Waals surface area contributed by atoms with Gasteiger partial charge < -0.3 is 9.47 Å². The van der Waals surface area contributed by atoms with E-state index >= 15 is 0 Å². The summed E-state index contributed by atoms with van der Waals surface area (Å²) in [6.45, 7) is 0.962. The second-order valence-electron chi connectivity index (χ2n) is 7.07. The summed E-state index contributed by atoms with van der Waals surface area (Å²) in [7, 11) is -0.653. The standard InChI is InChI=1S/C21H22N4O5S2/c1-29-15-7-5-14(6-8-15)20-23-24-21(31-20)22-19(26)17-13-16(9-10-18(17)30-2)32(27,28)25-11-3-4-12-25/h5-10,13H,3-4,11-12H2,1-2H3,(H,22,24,26). The van der Waals surface area contributed by atoms with E-state index in [-0.39, 0.29) is 21.3 Å². The fourth-order valence-corrected chi connectivity index (χ4v) is 5.68. The minimum Gasteiger partial charge on any atom is -0.497 e. The Bertz CT molecular complexity index is 1220. The summed E-state index contributed by atoms with van der Waals surface area (Å²) in [6, 6.07) is 11.6. The number of methoxy groups -OCH3 is 2. The highest BCUT2D eigenvalue weighted by atomic mass is 32.2. The van der Waals surface area contributed by atoms with Gasteiger partial charge in [-0.1, -0.05) is 11.3 Å². The predicted octanol–water partition coefficient (Wildman–Crippen LogP) is 3.26. The average Bonchev–Trinajstić information content (AvgIpc) is 3.51. The molecule has 32 heavy (non-hydrogen) atoms. The molecular formula is C21H22N4O5S2. The Balaban J connectivity index is 1.57. The van der Waals surface area contributed by atoms with Crippen LogP contribution in [0.5, 0.6) is 11.5 Å². The third kappa shape index (κ3) is 4.45. The number of nitrogens with zero attached hydrogens (tertiary/aromatic N) is 3. The number of sulfonamides is 1. The minimum atomic E-state index is -3.67. The highest BCUT2D eigenvalue weighted by Gasteiger charge is 2.29. The molecule has 0 radical (unpaired) electrons. The van der Waals surface area contributed by atoms with Crippen LogP contribution < -0.4 is 14.8 Å². The van der Waals surface area contributed by atoms with Gasteiger partial charge in [-0.2, -0.15) is 4.31 Å². The van der Waals surface area contributed by atoms with Gasteiger partial charge in [-0.3, -0.25) is 10.1 Å². The van der Waals surface area contributed by atoms with Gasteiger partial charge in [-0.05, 0) is 55.3 Å². The van der Waals surface area contributed by atoms with Crippen molar-refractivity contribution in [1.82, 2.24) is 14.5 Å². The number of aromatic nitrogens is 2. The zero-order valence-corrected chi connectivity index (χ0v) is 19.2. The number of rotatable bonds is 7. The lowest BCUT2D eigenvalue weighted by Crippen LogP contribution is -2.28. The molecule has 0 spiro atoms. The molecule has 3 aromatic rings. The van der Waals surface area contributed by atoms with Gasteiger partial charge in [0.05, 0.1) is 24.7 Å². The van der Waals surface area contributed by atoms with E-state index in [1.165, 1.54) is 41.0 Å². The smallest absolute Gasteiger partial charge is 0.261 e. The number of hydrogen-bond acceptors (Lipinski definition) is 8. The van der Waals surface area contributed by atoms with Crippen molar-refractivity contribution < 1.29 is 22.7 Å². The van der Waals surface area contributed by atoms with Crippen LogP contribution in [0.25, 0.3) is 10.6 Å². The molecule has 0 saturated carbocycles. The first-order chi connectivity index (χ1) is 15.4. The molecule has 0 bridgehead atoms. The van der Waals surface area contributed by atoms with Gasteiger partial charge in [-0.25, -0.2) is 8.42 Å². The van der Waals surface area contributed by atoms with Crippen molar-refractivity contribution in [2.45, 2.75) is 17.7 Å². The topological polar surface area (TPSA) is 111 Å². The third-order valence-electron chi connectivity index (χ3n) is 5.10. The summed E-state index contributed by atoms with van der Waals surface area (Å²) in [5.74, 6) is 0.461. The molecule has 9 nitrogen and oxygen atoms in total. The van der Waals surface area contributed by atoms with Gasteiger partial charge in [0, 0.05) is 18.7 Å². The molecule has 1 aliphatic rings. The quantitative estimate of drug-likeness (QED) is 0.559. The number of nitrogens with one attached hydrogen (secondary N) is 1. The Morgan fingerprint density at radius 2 is 1.75 bits per heavy atom. The van der Waals surface area contributed by atoms with Crippen molar-refractivity contribution in [2.75, 3.05) is 32.6 Å². The SMILES string of the molecule is COc1ccc(-c2nnc(NC(=O)c3cc(S(=O)(=O)N4CCCC4)ccc3OC)s2)cc1. The molecule has 2 aromatic carbocycles. The first kappa shape index (κ1) is 22.2. The predicted molar refractivity (Wildman–Crippen MR) is 121 cm³/mol. The summed E-state index contributed by atoms with van der Waals surface area (Å²) in [6.07, 6.45) is 1.66. The number of hydrogen-bond donors (Lipinski definition) is 1. The molecule has 0 aliphatic carbocycles. The lowest BCUT2D eigenvalue weighted by Gasteiger charge is -2.17. The Morgan fingerprint density at radius 3 is 2.41 bits per heavy atom. The average molecular weight is 475 g/mol. The molecule has 0 atom stereocenters. The fraction of sp³-hybridized carbons (Fsp3) is 0.286. The van der Waals surface area contributed by atoms with E-state index in [1.54, 1.807) is 7.11 Å². The zero-order chi connectivity index (χ0) is 22.7. The van der Waals surface area contributed by atoms with Crippen molar-refractivity contribution in [3.63, 3.8) is 0 Å². The molecule has 1 fully saturated rings. The Morgan fingerprint density at radius 1 is 1.03 bits per heavy atom. The van der Waals surface area contributed by atoms with Gasteiger partial charge >= 0.3 is 0 Å². The Kier molecular flexibility index (Phi) is 6.40. The van der Waals surface area contributed by atoms with Crippen LogP contribution in [0.4, 0.5) is 5.13 Å². The molecule has 1 aromatic heterocycles. The maximum Gasteiger partial charge on any atom is 0.261 e. The molecule has 11 heteroatoms. The van der Waals surface area contributed by atoms with Crippen LogP contribution in [0, 0.1) is 0 Å². The van der Waals surface area contributed by atoms with Gasteiger partial charge in [0.2, 0.25) is 15.2 Å². The molecule has 1 aliphatic heterocycles. The molecule has 0 unspecified atom stereocenters. The first-order valence-electron chi connectivity index (χ1n) is 9.90. The van der Waals surface area contributed by atoms with Crippen molar-refractivity contribution in [3.8, 4) is 22.1 Å². The van der Waals surface area contributed by atoms with Gasteiger partial charge in [0.1, 0.15) is 16.5 Å². The van der Waals surface area contributed by atoms with E-state index in [2.05, 4.69) is 15.5 Å². The first-order valence-corrected chi connectivity index (χ1v) is 12.2. The minimum absolute atomic E-state index is 0.0570. The van der Waals surface area contributed by atoms with Crippen LogP contribution >= 0.6 is 11.3 Å². The van der Waals surface area contributed by atoms with E-state index in [0.717, 1.165) is 24.2 Å². The monoisotopic (exact) mass is 474 g/mol. The summed E-state index contributed by atoms with van der Waals surface area (Å²) in [4.78, 5) is 13.0. The van der Waals surface area contributed by atoms with Crippen molar-refractivity contribution in [1.29, 1.82) is 0 Å². The molecule has 4 rings (SSSR count). The number of ether oxygens (including phenoxy) is 2. The maximum atomic E-state index is 12.9. The van der Waals surface area contributed by atoms with Crippen LogP contribution in [0.1, 0.15) is 23.2 Å². The van der Waals surface area contributed by atoms with Crippen molar-refractivity contribution in [3.05, 3.63) is 48.0 Å². The second-order valence-corrected chi connectivity index (χ2v) is 9.98. The van der Waals surface area contributed by atoms with Crippen LogP contribution in [-0.4, -0.2) is 56.1 Å². The summed E-state index contributed by atoms with van der Waals surface area (Å²) in [5.41, 5.74) is 0.939. The summed E-state index contributed by atoms with van der Waals surface area (Å²) < 4.78 is 37.7. The van der Waals surface area contributed by atoms with Gasteiger partial charge in [-0.15, -0.1) is 10.2 Å². The molecule has 1 saturated heterocycles. The zero-order valence-electron chi connectivity index (χ0n) is 17.6. The molecular weight excluding hydrogens is 452 g/mol. The van der Waals surface area contributed by atoms with Crippen molar-refractivity contribution in [2.24, 2.45) is 0 Å². The fourth-order valence-electron chi connectivity index (χ4n) is 3.39. The maximum absolute atomic E-state index is 12.9. The molecule has 1 amide bonds. The third-order valence-corrected chi connectivity index (χ3v) is 7.88. The van der Waals surface area contributed by atoms with Crippen LogP contribution in [0.2, 0.25) is 0 Å². The highest BCUT2D eigenvalue weighted by molar-refractivity contribution is 7.89. The van der Waals surface area contributed by atoms with Gasteiger partial charge in [0.15, 0.2) is 0 Å². The second kappa shape index (κ2) is 9.23. The van der Waals surface area contributed by atoms with E-state index in [1.807, 2.05) is 24.3 Å². The normalized spacial score (nSPS) is 14.3. The number of carbonyl (C=O) groups excluding carboxylic acids is 1. The highest BCUT2D eigenvalue weighted by Crippen LogP contribution is 2.30. The Hall–Kier alpha value is -3.02. The number of amides is 1. The van der Waals surface area contributed by atoms with Crippen LogP contribution in [0.15, 0.2) is 47.4 Å². The van der Waals surface area contributed by atoms with Crippen LogP contribution in [-0.2, 0) is 10.0 Å². The van der Waals surface area contributed by atoms with E-state index in [9.17, 15) is 13.2 Å². The van der Waals surface area contributed by atoms with Gasteiger partial charge in [0.25, 0.3) is 5.91 Å². The number of carbonyl (C=O) groups is 1. The van der Waals surface area contributed by atoms with E-state index < -0.39 is 15.9 Å². The largest absolute Gasteiger partial charge is 0.497 e. The molecule has 1 N–H and O–H groups in total. The lowest BCUT2D eigenvalue weighted by molar-refractivity contribution is 0.102. The molecule has 168 valence electrons. The lowest BCUT2D eigenvalue weighted by atomic mass is 10.2. The van der Waals surface area contributed by atoms with E-state index in [0.29, 0.717) is 18.1 Å². The summed E-state index contributed by atoms with van der Waals surface area (Å²) >= 11 is 1.20. The van der Waals surface area contributed by atoms with Crippen LogP contribution in [0.3, 0.4) is 0 Å². The van der Waals surface area contributed by atoms with E-state index in [4.69, 9.17) is 9.47 Å². The summed E-state index contributed by atoms with van der Waals surface area (Å²) in [5, 5.41) is 11.7.